The first-order valence-corrected chi connectivity index (χ1v) is 8.15. The van der Waals surface area contributed by atoms with Crippen LogP contribution in [0.5, 0.6) is 0 Å². The lowest BCUT2D eigenvalue weighted by molar-refractivity contribution is -0.120. The minimum Gasteiger partial charge on any atom is -0.376 e. The Balaban J connectivity index is 2.66. The van der Waals surface area contributed by atoms with E-state index >= 15 is 0 Å². The molecule has 1 aromatic rings. The Labute approximate surface area is 139 Å². The molecular weight excluding hydrogens is 290 g/mol. The molecule has 0 saturated heterocycles. The van der Waals surface area contributed by atoms with Crippen molar-refractivity contribution >= 4 is 23.2 Å². The van der Waals surface area contributed by atoms with Crippen molar-refractivity contribution in [1.82, 2.24) is 5.32 Å². The second-order valence-corrected chi connectivity index (χ2v) is 6.63. The summed E-state index contributed by atoms with van der Waals surface area (Å²) < 4.78 is 0. The number of carbonyl (C=O) groups is 2. The van der Waals surface area contributed by atoms with E-state index in [1.54, 1.807) is 0 Å². The second kappa shape index (κ2) is 8.56. The number of carbonyl (C=O) groups excluding carboxylic acids is 2. The van der Waals surface area contributed by atoms with E-state index < -0.39 is 0 Å². The average molecular weight is 319 g/mol. The van der Waals surface area contributed by atoms with Crippen LogP contribution in [-0.2, 0) is 9.59 Å². The fourth-order valence-electron chi connectivity index (χ4n) is 1.82. The summed E-state index contributed by atoms with van der Waals surface area (Å²) in [5, 5.41) is 8.96. The molecule has 0 spiro atoms. The minimum atomic E-state index is -0.0731. The largest absolute Gasteiger partial charge is 0.376 e. The van der Waals surface area contributed by atoms with Crippen LogP contribution in [0, 0.1) is 18.8 Å². The van der Waals surface area contributed by atoms with Crippen LogP contribution in [0.3, 0.4) is 0 Å². The Bertz CT molecular complexity index is 553. The van der Waals surface area contributed by atoms with Gasteiger partial charge in [-0.05, 0) is 37.5 Å². The monoisotopic (exact) mass is 319 g/mol. The smallest absolute Gasteiger partial charge is 0.239 e. The third-order valence-electron chi connectivity index (χ3n) is 3.86. The van der Waals surface area contributed by atoms with Gasteiger partial charge in [-0.2, -0.15) is 0 Å². The quantitative estimate of drug-likeness (QED) is 0.723. The molecule has 23 heavy (non-hydrogen) atoms. The number of aryl methyl sites for hydroxylation is 1. The summed E-state index contributed by atoms with van der Waals surface area (Å²) in [4.78, 5) is 23.7. The molecule has 0 aliphatic carbocycles. The van der Waals surface area contributed by atoms with E-state index in [0.29, 0.717) is 5.92 Å². The van der Waals surface area contributed by atoms with E-state index in [9.17, 15) is 9.59 Å². The zero-order chi connectivity index (χ0) is 17.6. The molecule has 5 heteroatoms. The maximum atomic E-state index is 12.0. The van der Waals surface area contributed by atoms with Crippen LogP contribution in [0.1, 0.15) is 40.2 Å². The zero-order valence-electron chi connectivity index (χ0n) is 15.0. The van der Waals surface area contributed by atoms with Gasteiger partial charge in [0.2, 0.25) is 11.8 Å². The van der Waals surface area contributed by atoms with Crippen LogP contribution in [0.2, 0.25) is 0 Å². The van der Waals surface area contributed by atoms with E-state index in [1.807, 2.05) is 45.9 Å². The van der Waals surface area contributed by atoms with Gasteiger partial charge in [-0.1, -0.05) is 33.8 Å². The van der Waals surface area contributed by atoms with Gasteiger partial charge in [0.15, 0.2) is 0 Å². The molecule has 1 rings (SSSR count). The highest BCUT2D eigenvalue weighted by molar-refractivity contribution is 5.92. The summed E-state index contributed by atoms with van der Waals surface area (Å²) in [6, 6.07) is 5.78. The predicted molar refractivity (Wildman–Crippen MR) is 95.6 cm³/mol. The number of hydrogen-bond donors (Lipinski definition) is 3. The summed E-state index contributed by atoms with van der Waals surface area (Å²) in [6.07, 6.45) is 0. The zero-order valence-corrected chi connectivity index (χ0v) is 15.0. The molecule has 5 nitrogen and oxygen atoms in total. The molecule has 0 fully saturated rings. The third-order valence-corrected chi connectivity index (χ3v) is 3.86. The molecule has 1 aromatic carbocycles. The lowest BCUT2D eigenvalue weighted by Crippen LogP contribution is -2.39. The second-order valence-electron chi connectivity index (χ2n) is 6.63. The summed E-state index contributed by atoms with van der Waals surface area (Å²) in [5.41, 5.74) is 2.60. The molecule has 3 N–H and O–H groups in total. The number of benzene rings is 1. The van der Waals surface area contributed by atoms with Gasteiger partial charge in [0.05, 0.1) is 6.54 Å². The Morgan fingerprint density at radius 2 is 1.74 bits per heavy atom. The van der Waals surface area contributed by atoms with Crippen molar-refractivity contribution in [3.8, 4) is 0 Å². The molecule has 2 amide bonds. The molecule has 0 heterocycles. The molecule has 0 bridgehead atoms. The van der Waals surface area contributed by atoms with Gasteiger partial charge in [0.25, 0.3) is 0 Å². The molecule has 1 atom stereocenters. The van der Waals surface area contributed by atoms with Gasteiger partial charge in [-0.3, -0.25) is 9.59 Å². The lowest BCUT2D eigenvalue weighted by atomic mass is 10.1. The van der Waals surface area contributed by atoms with E-state index in [0.717, 1.165) is 16.9 Å². The van der Waals surface area contributed by atoms with Gasteiger partial charge in [-0.25, -0.2) is 0 Å². The van der Waals surface area contributed by atoms with Gasteiger partial charge >= 0.3 is 0 Å². The Morgan fingerprint density at radius 3 is 2.30 bits per heavy atom. The first-order chi connectivity index (χ1) is 10.7. The van der Waals surface area contributed by atoms with Crippen LogP contribution in [-0.4, -0.2) is 24.4 Å². The van der Waals surface area contributed by atoms with Crippen LogP contribution in [0.25, 0.3) is 0 Å². The lowest BCUT2D eigenvalue weighted by Gasteiger charge is -2.18. The number of amides is 2. The summed E-state index contributed by atoms with van der Waals surface area (Å²) in [7, 11) is 0. The SMILES string of the molecule is Cc1ccc(NC(=O)C(C)C)cc1NCC(=O)N[C@H](C)C(C)C. The molecule has 0 aliphatic rings. The van der Waals surface area contributed by atoms with Crippen molar-refractivity contribution in [2.75, 3.05) is 17.2 Å². The van der Waals surface area contributed by atoms with E-state index in [1.165, 1.54) is 0 Å². The van der Waals surface area contributed by atoms with Crippen molar-refractivity contribution in [2.45, 2.75) is 47.6 Å². The average Bonchev–Trinajstić information content (AvgIpc) is 2.47. The molecular formula is C18H29N3O2. The third kappa shape index (κ3) is 6.30. The topological polar surface area (TPSA) is 70.2 Å². The van der Waals surface area contributed by atoms with E-state index in [4.69, 9.17) is 0 Å². The van der Waals surface area contributed by atoms with E-state index in [-0.39, 0.29) is 30.3 Å². The molecule has 0 radical (unpaired) electrons. The van der Waals surface area contributed by atoms with Crippen LogP contribution >= 0.6 is 0 Å². The summed E-state index contributed by atoms with van der Waals surface area (Å²) in [6.45, 7) is 12.0. The summed E-state index contributed by atoms with van der Waals surface area (Å²) >= 11 is 0. The van der Waals surface area contributed by atoms with E-state index in [2.05, 4.69) is 29.8 Å². The van der Waals surface area contributed by atoms with Crippen molar-refractivity contribution in [3.63, 3.8) is 0 Å². The Hall–Kier alpha value is -2.04. The van der Waals surface area contributed by atoms with Gasteiger partial charge in [0.1, 0.15) is 0 Å². The van der Waals surface area contributed by atoms with Crippen molar-refractivity contribution in [3.05, 3.63) is 23.8 Å². The normalized spacial score (nSPS) is 12.2. The summed E-state index contributed by atoms with van der Waals surface area (Å²) in [5.74, 6) is 0.261. The Kier molecular flexibility index (Phi) is 7.07. The molecule has 128 valence electrons. The van der Waals surface area contributed by atoms with Crippen molar-refractivity contribution in [2.24, 2.45) is 11.8 Å². The van der Waals surface area contributed by atoms with Crippen LogP contribution in [0.4, 0.5) is 11.4 Å². The highest BCUT2D eigenvalue weighted by atomic mass is 16.2. The maximum Gasteiger partial charge on any atom is 0.239 e. The highest BCUT2D eigenvalue weighted by Crippen LogP contribution is 2.20. The molecule has 0 unspecified atom stereocenters. The van der Waals surface area contributed by atoms with Crippen LogP contribution in [0.15, 0.2) is 18.2 Å². The number of anilines is 2. The van der Waals surface area contributed by atoms with Crippen molar-refractivity contribution in [1.29, 1.82) is 0 Å². The molecule has 0 saturated carbocycles. The predicted octanol–water partition coefficient (Wildman–Crippen LogP) is 3.16. The maximum absolute atomic E-state index is 12.0. The minimum absolute atomic E-state index is 0.0247. The standard InChI is InChI=1S/C18H29N3O2/c1-11(2)14(6)20-17(22)10-19-16-9-15(8-7-13(16)5)21-18(23)12(3)4/h7-9,11-12,14,19H,10H2,1-6H3,(H,20,22)(H,21,23)/t14-/m1/s1. The van der Waals surface area contributed by atoms with Gasteiger partial charge in [-0.15, -0.1) is 0 Å². The number of rotatable bonds is 7. The Morgan fingerprint density at radius 1 is 1.09 bits per heavy atom. The first-order valence-electron chi connectivity index (χ1n) is 8.15. The van der Waals surface area contributed by atoms with Crippen molar-refractivity contribution < 1.29 is 9.59 Å². The molecule has 0 aliphatic heterocycles. The molecule has 0 aromatic heterocycles. The van der Waals surface area contributed by atoms with Crippen LogP contribution < -0.4 is 16.0 Å². The van der Waals surface area contributed by atoms with Gasteiger partial charge in [0, 0.05) is 23.3 Å². The fraction of sp³-hybridized carbons (Fsp3) is 0.556. The van der Waals surface area contributed by atoms with Gasteiger partial charge < -0.3 is 16.0 Å². The first kappa shape index (κ1) is 19.0. The number of hydrogen-bond acceptors (Lipinski definition) is 3. The highest BCUT2D eigenvalue weighted by Gasteiger charge is 2.12. The fourth-order valence-corrected chi connectivity index (χ4v) is 1.82. The number of nitrogens with one attached hydrogen (secondary N) is 3.